The Labute approximate surface area is 188 Å². The maximum Gasteiger partial charge on any atom is 0.259 e. The Morgan fingerprint density at radius 1 is 1.00 bits per heavy atom. The molecular formula is C24H20F2N6O. The smallest absolute Gasteiger partial charge is 0.259 e. The lowest BCUT2D eigenvalue weighted by Crippen LogP contribution is -2.18. The number of hydrogen-bond acceptors (Lipinski definition) is 5. The molecule has 1 N–H and O–H groups in total. The largest absolute Gasteiger partial charge is 0.371 e. The molecule has 0 atom stereocenters. The van der Waals surface area contributed by atoms with Gasteiger partial charge >= 0.3 is 0 Å². The van der Waals surface area contributed by atoms with Gasteiger partial charge in [0.05, 0.1) is 29.2 Å². The van der Waals surface area contributed by atoms with Gasteiger partial charge in [0.15, 0.2) is 0 Å². The number of hydrogen-bond donors (Lipinski definition) is 1. The van der Waals surface area contributed by atoms with E-state index in [4.69, 9.17) is 5.26 Å². The van der Waals surface area contributed by atoms with E-state index in [1.165, 1.54) is 19.0 Å². The number of halogens is 2. The summed E-state index contributed by atoms with van der Waals surface area (Å²) in [6, 6.07) is 13.5. The Kier molecular flexibility index (Phi) is 6.55. The molecule has 9 heteroatoms. The minimum absolute atomic E-state index is 0.250. The zero-order valence-electron chi connectivity index (χ0n) is 17.6. The van der Waals surface area contributed by atoms with Crippen LogP contribution in [0.2, 0.25) is 0 Å². The molecule has 1 aliphatic heterocycles. The van der Waals surface area contributed by atoms with Crippen molar-refractivity contribution in [3.05, 3.63) is 90.0 Å². The van der Waals surface area contributed by atoms with Crippen molar-refractivity contribution >= 4 is 22.8 Å². The van der Waals surface area contributed by atoms with Gasteiger partial charge < -0.3 is 10.2 Å². The molecule has 33 heavy (non-hydrogen) atoms. The SMILES string of the molecule is Fc1ccc(F)cc1.N#Cc1ccc(NC(=O)c2cnn3ccc(N4CCCC4)cc23)cn1. The number of carbonyl (C=O) groups is 1. The van der Waals surface area contributed by atoms with Gasteiger partial charge in [0.1, 0.15) is 23.4 Å². The Balaban J connectivity index is 0.000000275. The van der Waals surface area contributed by atoms with Crippen LogP contribution in [0, 0.1) is 23.0 Å². The fourth-order valence-electron chi connectivity index (χ4n) is 3.48. The highest BCUT2D eigenvalue weighted by Crippen LogP contribution is 2.23. The molecule has 1 aliphatic rings. The maximum absolute atomic E-state index is 12.6. The lowest BCUT2D eigenvalue weighted by atomic mass is 10.2. The number of aromatic nitrogens is 3. The normalized spacial score (nSPS) is 12.7. The van der Waals surface area contributed by atoms with Crippen LogP contribution in [-0.2, 0) is 0 Å². The minimum Gasteiger partial charge on any atom is -0.371 e. The molecular weight excluding hydrogens is 426 g/mol. The van der Waals surface area contributed by atoms with Gasteiger partial charge in [-0.3, -0.25) is 4.79 Å². The Morgan fingerprint density at radius 2 is 1.70 bits per heavy atom. The fourth-order valence-corrected chi connectivity index (χ4v) is 3.48. The van der Waals surface area contributed by atoms with Crippen molar-refractivity contribution in [2.75, 3.05) is 23.3 Å². The number of amides is 1. The van der Waals surface area contributed by atoms with E-state index in [0.717, 1.165) is 48.6 Å². The van der Waals surface area contributed by atoms with Gasteiger partial charge in [-0.25, -0.2) is 18.3 Å². The molecule has 0 radical (unpaired) electrons. The van der Waals surface area contributed by atoms with E-state index in [9.17, 15) is 13.6 Å². The topological polar surface area (TPSA) is 86.3 Å². The summed E-state index contributed by atoms with van der Waals surface area (Å²) in [5, 5.41) is 15.8. The first-order valence-electron chi connectivity index (χ1n) is 10.3. The Morgan fingerprint density at radius 3 is 2.30 bits per heavy atom. The van der Waals surface area contributed by atoms with Crippen molar-refractivity contribution in [1.29, 1.82) is 5.26 Å². The van der Waals surface area contributed by atoms with E-state index in [1.54, 1.807) is 22.8 Å². The summed E-state index contributed by atoms with van der Waals surface area (Å²) in [6.45, 7) is 2.09. The van der Waals surface area contributed by atoms with Crippen LogP contribution in [0.5, 0.6) is 0 Å². The lowest BCUT2D eigenvalue weighted by molar-refractivity contribution is 0.102. The predicted octanol–water partition coefficient (Wildman–Crippen LogP) is 4.42. The number of rotatable bonds is 3. The fraction of sp³-hybridized carbons (Fsp3) is 0.167. The zero-order valence-corrected chi connectivity index (χ0v) is 17.6. The minimum atomic E-state index is -0.411. The standard InChI is InChI=1S/C18H16N6O.C6H4F2/c19-10-13-3-4-14(11-20-13)22-18(25)16-12-21-24-8-5-15(9-17(16)24)23-6-1-2-7-23;7-5-1-2-6(8)4-3-5/h3-5,8-9,11-12H,1-2,6-7H2,(H,22,25);1-4H. The zero-order chi connectivity index (χ0) is 23.2. The van der Waals surface area contributed by atoms with Gasteiger partial charge in [0.25, 0.3) is 5.91 Å². The van der Waals surface area contributed by atoms with Crippen LogP contribution in [0.3, 0.4) is 0 Å². The third-order valence-electron chi connectivity index (χ3n) is 5.16. The molecule has 4 aromatic rings. The molecule has 4 heterocycles. The van der Waals surface area contributed by atoms with E-state index < -0.39 is 11.6 Å². The summed E-state index contributed by atoms with van der Waals surface area (Å²) in [4.78, 5) is 18.9. The van der Waals surface area contributed by atoms with E-state index in [2.05, 4.69) is 20.3 Å². The summed E-state index contributed by atoms with van der Waals surface area (Å²) < 4.78 is 25.5. The van der Waals surface area contributed by atoms with Crippen molar-refractivity contribution in [2.24, 2.45) is 0 Å². The Hall–Kier alpha value is -4.32. The highest BCUT2D eigenvalue weighted by molar-refractivity contribution is 6.09. The van der Waals surface area contributed by atoms with Crippen LogP contribution in [-0.4, -0.2) is 33.6 Å². The van der Waals surface area contributed by atoms with Gasteiger partial charge in [-0.05, 0) is 61.4 Å². The lowest BCUT2D eigenvalue weighted by Gasteiger charge is -2.17. The van der Waals surface area contributed by atoms with E-state index in [-0.39, 0.29) is 5.91 Å². The summed E-state index contributed by atoms with van der Waals surface area (Å²) in [6.07, 6.45) is 7.31. The molecule has 0 aliphatic carbocycles. The molecule has 0 saturated carbocycles. The van der Waals surface area contributed by atoms with Crippen LogP contribution in [0.1, 0.15) is 28.9 Å². The Bertz CT molecular complexity index is 1270. The second-order valence-corrected chi connectivity index (χ2v) is 7.40. The second kappa shape index (κ2) is 9.87. The predicted molar refractivity (Wildman–Crippen MR) is 120 cm³/mol. The van der Waals surface area contributed by atoms with Crippen molar-refractivity contribution in [3.63, 3.8) is 0 Å². The average Bonchev–Trinajstić information content (AvgIpc) is 3.52. The number of nitriles is 1. The quantitative estimate of drug-likeness (QED) is 0.504. The van der Waals surface area contributed by atoms with E-state index >= 15 is 0 Å². The first kappa shape index (κ1) is 21.9. The number of nitrogens with zero attached hydrogens (tertiary/aromatic N) is 5. The summed E-state index contributed by atoms with van der Waals surface area (Å²) in [5.74, 6) is -1.07. The van der Waals surface area contributed by atoms with E-state index in [1.807, 2.05) is 24.4 Å². The second-order valence-electron chi connectivity index (χ2n) is 7.40. The number of nitrogens with one attached hydrogen (secondary N) is 1. The molecule has 1 amide bonds. The van der Waals surface area contributed by atoms with E-state index in [0.29, 0.717) is 16.9 Å². The van der Waals surface area contributed by atoms with Crippen molar-refractivity contribution < 1.29 is 13.6 Å². The van der Waals surface area contributed by atoms with Crippen molar-refractivity contribution in [1.82, 2.24) is 14.6 Å². The van der Waals surface area contributed by atoms with Crippen LogP contribution in [0.25, 0.3) is 5.52 Å². The number of anilines is 2. The van der Waals surface area contributed by atoms with Gasteiger partial charge in [-0.1, -0.05) is 0 Å². The van der Waals surface area contributed by atoms with Gasteiger partial charge in [0.2, 0.25) is 0 Å². The molecule has 5 rings (SSSR count). The third kappa shape index (κ3) is 5.30. The molecule has 0 bridgehead atoms. The first-order valence-corrected chi connectivity index (χ1v) is 10.3. The summed E-state index contributed by atoms with van der Waals surface area (Å²) >= 11 is 0. The molecule has 3 aromatic heterocycles. The van der Waals surface area contributed by atoms with Crippen LogP contribution in [0.15, 0.2) is 67.1 Å². The maximum atomic E-state index is 12.6. The number of pyridine rings is 2. The van der Waals surface area contributed by atoms with Crippen LogP contribution < -0.4 is 10.2 Å². The number of carbonyl (C=O) groups excluding carboxylic acids is 1. The van der Waals surface area contributed by atoms with Crippen LogP contribution >= 0.6 is 0 Å². The summed E-state index contributed by atoms with van der Waals surface area (Å²) in [7, 11) is 0. The van der Waals surface area contributed by atoms with Gasteiger partial charge in [-0.15, -0.1) is 0 Å². The number of benzene rings is 1. The van der Waals surface area contributed by atoms with Crippen molar-refractivity contribution in [3.8, 4) is 6.07 Å². The summed E-state index contributed by atoms with van der Waals surface area (Å²) in [5.41, 5.74) is 3.23. The van der Waals surface area contributed by atoms with Gasteiger partial charge in [0, 0.05) is 25.0 Å². The first-order chi connectivity index (χ1) is 16.0. The molecule has 0 unspecified atom stereocenters. The highest BCUT2D eigenvalue weighted by Gasteiger charge is 2.17. The average molecular weight is 446 g/mol. The molecule has 1 aromatic carbocycles. The van der Waals surface area contributed by atoms with Gasteiger partial charge in [-0.2, -0.15) is 10.4 Å². The highest BCUT2D eigenvalue weighted by atomic mass is 19.1. The molecule has 0 spiro atoms. The monoisotopic (exact) mass is 446 g/mol. The van der Waals surface area contributed by atoms with Crippen molar-refractivity contribution in [2.45, 2.75) is 12.8 Å². The third-order valence-corrected chi connectivity index (χ3v) is 5.16. The molecule has 7 nitrogen and oxygen atoms in total. The number of fused-ring (bicyclic) bond motifs is 1. The molecule has 1 fully saturated rings. The molecule has 1 saturated heterocycles. The molecule has 166 valence electrons. The van der Waals surface area contributed by atoms with Crippen LogP contribution in [0.4, 0.5) is 20.2 Å².